The molecule has 2 heterocycles. The van der Waals surface area contributed by atoms with Crippen molar-refractivity contribution in [2.24, 2.45) is 16.8 Å². The zero-order valence-electron chi connectivity index (χ0n) is 15.0. The highest BCUT2D eigenvalue weighted by Gasteiger charge is 2.53. The molecule has 1 aromatic carbocycles. The van der Waals surface area contributed by atoms with Gasteiger partial charge < -0.3 is 9.73 Å². The predicted molar refractivity (Wildman–Crippen MR) is 100 cm³/mol. The van der Waals surface area contributed by atoms with Crippen LogP contribution < -0.4 is 10.6 Å². The van der Waals surface area contributed by atoms with E-state index in [9.17, 15) is 4.79 Å². The number of para-hydroxylation sites is 2. The van der Waals surface area contributed by atoms with Gasteiger partial charge in [-0.05, 0) is 50.2 Å². The van der Waals surface area contributed by atoms with Crippen molar-refractivity contribution in [3.8, 4) is 0 Å². The van der Waals surface area contributed by atoms with Crippen LogP contribution in [0.1, 0.15) is 45.4 Å². The third-order valence-corrected chi connectivity index (χ3v) is 6.21. The van der Waals surface area contributed by atoms with Crippen LogP contribution in [0.25, 0.3) is 11.1 Å². The Balaban J connectivity index is 1.49. The van der Waals surface area contributed by atoms with E-state index in [0.29, 0.717) is 30.1 Å². The van der Waals surface area contributed by atoms with Gasteiger partial charge >= 0.3 is 6.01 Å². The number of guanidine groups is 1. The second kappa shape index (κ2) is 5.83. The molecular formula is C20H24N4O2. The zero-order chi connectivity index (χ0) is 17.7. The van der Waals surface area contributed by atoms with E-state index in [1.165, 1.54) is 0 Å². The van der Waals surface area contributed by atoms with Crippen LogP contribution in [0.15, 0.2) is 33.7 Å². The Kier molecular flexibility index (Phi) is 3.55. The first-order valence-corrected chi connectivity index (χ1v) is 9.65. The highest BCUT2D eigenvalue weighted by atomic mass is 16.4. The number of hydrogen-bond acceptors (Lipinski definition) is 6. The van der Waals surface area contributed by atoms with Crippen LogP contribution in [0.5, 0.6) is 0 Å². The number of benzene rings is 1. The second-order valence-corrected chi connectivity index (χ2v) is 8.11. The van der Waals surface area contributed by atoms with E-state index >= 15 is 0 Å². The van der Waals surface area contributed by atoms with Crippen LogP contribution in [-0.2, 0) is 4.79 Å². The summed E-state index contributed by atoms with van der Waals surface area (Å²) in [6, 6.07) is 8.31. The summed E-state index contributed by atoms with van der Waals surface area (Å²) in [5, 5.41) is 6.70. The van der Waals surface area contributed by atoms with Crippen molar-refractivity contribution >= 4 is 28.9 Å². The first-order chi connectivity index (χ1) is 12.6. The number of carbonyl (C=O) groups is 1. The molecule has 26 heavy (non-hydrogen) atoms. The maximum Gasteiger partial charge on any atom is 0.302 e. The summed E-state index contributed by atoms with van der Waals surface area (Å²) in [6.07, 6.45) is 5.77. The van der Waals surface area contributed by atoms with Crippen LogP contribution in [0.3, 0.4) is 0 Å². The third kappa shape index (κ3) is 2.50. The van der Waals surface area contributed by atoms with Gasteiger partial charge in [0.05, 0.1) is 11.5 Å². The fourth-order valence-electron chi connectivity index (χ4n) is 5.15. The molecule has 5 rings (SSSR count). The summed E-state index contributed by atoms with van der Waals surface area (Å²) in [6.45, 7) is 2.27. The SMILES string of the molecule is CC1CCC2(C1)N=C(Nc1nc3ccccc3o1)NC1CCCC(=O)C12. The van der Waals surface area contributed by atoms with Gasteiger partial charge in [0.1, 0.15) is 11.3 Å². The van der Waals surface area contributed by atoms with Gasteiger partial charge in [0.2, 0.25) is 0 Å². The molecule has 3 aliphatic rings. The number of nitrogens with one attached hydrogen (secondary N) is 2. The van der Waals surface area contributed by atoms with E-state index in [-0.39, 0.29) is 17.5 Å². The van der Waals surface area contributed by atoms with E-state index in [0.717, 1.165) is 43.2 Å². The minimum Gasteiger partial charge on any atom is -0.423 e. The smallest absolute Gasteiger partial charge is 0.302 e. The first-order valence-electron chi connectivity index (χ1n) is 9.65. The Morgan fingerprint density at radius 2 is 2.19 bits per heavy atom. The van der Waals surface area contributed by atoms with Gasteiger partial charge in [-0.3, -0.25) is 10.1 Å². The molecule has 2 fully saturated rings. The number of nitrogens with zero attached hydrogens (tertiary/aromatic N) is 2. The lowest BCUT2D eigenvalue weighted by atomic mass is 9.69. The summed E-state index contributed by atoms with van der Waals surface area (Å²) in [5.41, 5.74) is 1.31. The number of aliphatic imine (C=N–C) groups is 1. The van der Waals surface area contributed by atoms with Crippen LogP contribution in [0.4, 0.5) is 6.01 Å². The first kappa shape index (κ1) is 15.9. The number of anilines is 1. The maximum absolute atomic E-state index is 12.7. The lowest BCUT2D eigenvalue weighted by Crippen LogP contribution is -2.60. The van der Waals surface area contributed by atoms with E-state index in [2.05, 4.69) is 22.5 Å². The number of carbonyl (C=O) groups excluding carboxylic acids is 1. The zero-order valence-corrected chi connectivity index (χ0v) is 15.0. The molecule has 1 spiro atoms. The Labute approximate surface area is 152 Å². The van der Waals surface area contributed by atoms with Crippen molar-refractivity contribution in [1.29, 1.82) is 0 Å². The van der Waals surface area contributed by atoms with Crippen molar-refractivity contribution in [2.45, 2.75) is 57.0 Å². The van der Waals surface area contributed by atoms with Gasteiger partial charge in [-0.15, -0.1) is 0 Å². The summed E-state index contributed by atoms with van der Waals surface area (Å²) < 4.78 is 5.79. The lowest BCUT2D eigenvalue weighted by molar-refractivity contribution is -0.128. The van der Waals surface area contributed by atoms with Crippen molar-refractivity contribution < 1.29 is 9.21 Å². The quantitative estimate of drug-likeness (QED) is 0.821. The Bertz CT molecular complexity index is 856. The van der Waals surface area contributed by atoms with Crippen molar-refractivity contribution in [3.05, 3.63) is 24.3 Å². The van der Waals surface area contributed by atoms with Gasteiger partial charge in [0.25, 0.3) is 0 Å². The molecular weight excluding hydrogens is 328 g/mol. The molecule has 6 heteroatoms. The molecule has 4 atom stereocenters. The summed E-state index contributed by atoms with van der Waals surface area (Å²) >= 11 is 0. The molecule has 4 unspecified atom stereocenters. The Morgan fingerprint density at radius 3 is 3.00 bits per heavy atom. The number of rotatable bonds is 1. The number of oxazole rings is 1. The normalized spacial score (nSPS) is 33.8. The predicted octanol–water partition coefficient (Wildman–Crippen LogP) is 3.50. The lowest BCUT2D eigenvalue weighted by Gasteiger charge is -2.45. The van der Waals surface area contributed by atoms with Gasteiger partial charge in [0.15, 0.2) is 11.5 Å². The van der Waals surface area contributed by atoms with Crippen molar-refractivity contribution in [1.82, 2.24) is 10.3 Å². The van der Waals surface area contributed by atoms with Crippen molar-refractivity contribution in [3.63, 3.8) is 0 Å². The Hall–Kier alpha value is -2.37. The fourth-order valence-corrected chi connectivity index (χ4v) is 5.15. The molecule has 1 aromatic heterocycles. The number of fused-ring (bicyclic) bond motifs is 3. The second-order valence-electron chi connectivity index (χ2n) is 8.11. The molecule has 2 N–H and O–H groups in total. The van der Waals surface area contributed by atoms with Crippen LogP contribution in [0, 0.1) is 11.8 Å². The maximum atomic E-state index is 12.7. The molecule has 1 aliphatic heterocycles. The van der Waals surface area contributed by atoms with Gasteiger partial charge in [-0.2, -0.15) is 4.98 Å². The number of Topliss-reactive ketones (excluding diaryl/α,β-unsaturated/α-hetero) is 1. The molecule has 0 amide bonds. The molecule has 0 bridgehead atoms. The minimum atomic E-state index is -0.263. The largest absolute Gasteiger partial charge is 0.423 e. The molecule has 0 saturated heterocycles. The topological polar surface area (TPSA) is 79.5 Å². The molecule has 2 aliphatic carbocycles. The molecule has 136 valence electrons. The Morgan fingerprint density at radius 1 is 1.31 bits per heavy atom. The molecule has 6 nitrogen and oxygen atoms in total. The highest BCUT2D eigenvalue weighted by Crippen LogP contribution is 2.48. The van der Waals surface area contributed by atoms with Gasteiger partial charge in [0, 0.05) is 12.5 Å². The average molecular weight is 352 g/mol. The number of hydrogen-bond donors (Lipinski definition) is 2. The van der Waals surface area contributed by atoms with E-state index in [1.54, 1.807) is 0 Å². The van der Waals surface area contributed by atoms with E-state index < -0.39 is 0 Å². The number of aromatic nitrogens is 1. The number of ketones is 1. The third-order valence-electron chi connectivity index (χ3n) is 6.21. The van der Waals surface area contributed by atoms with Gasteiger partial charge in [-0.1, -0.05) is 19.1 Å². The fraction of sp³-hybridized carbons (Fsp3) is 0.550. The molecule has 0 radical (unpaired) electrons. The molecule has 2 aromatic rings. The van der Waals surface area contributed by atoms with Crippen LogP contribution in [-0.4, -0.2) is 28.3 Å². The van der Waals surface area contributed by atoms with Crippen LogP contribution in [0.2, 0.25) is 0 Å². The minimum absolute atomic E-state index is 0.00961. The van der Waals surface area contributed by atoms with E-state index in [4.69, 9.17) is 9.41 Å². The van der Waals surface area contributed by atoms with Gasteiger partial charge in [-0.25, -0.2) is 4.99 Å². The highest BCUT2D eigenvalue weighted by molar-refractivity contribution is 5.96. The van der Waals surface area contributed by atoms with Crippen LogP contribution >= 0.6 is 0 Å². The average Bonchev–Trinajstić information content (AvgIpc) is 3.18. The van der Waals surface area contributed by atoms with Crippen molar-refractivity contribution in [2.75, 3.05) is 5.32 Å². The summed E-state index contributed by atoms with van der Waals surface area (Å²) in [4.78, 5) is 22.2. The summed E-state index contributed by atoms with van der Waals surface area (Å²) in [7, 11) is 0. The standard InChI is InChI=1S/C20H24N4O2/c1-12-9-10-20(11-12)17-14(6-4-7-15(17)25)21-18(24-20)23-19-22-13-5-2-3-8-16(13)26-19/h2-3,5,8,12,14,17H,4,6-7,9-11H2,1H3,(H2,21,22,23,24). The molecule has 2 saturated carbocycles. The van der Waals surface area contributed by atoms with E-state index in [1.807, 2.05) is 24.3 Å². The monoisotopic (exact) mass is 352 g/mol. The summed E-state index contributed by atoms with van der Waals surface area (Å²) in [5.74, 6) is 1.70.